The Labute approximate surface area is 220 Å². The molecule has 0 spiro atoms. The Morgan fingerprint density at radius 3 is 2.10 bits per heavy atom. The maximum Gasteiger partial charge on any atom is 0.490 e. The van der Waals surface area contributed by atoms with Gasteiger partial charge in [0, 0.05) is 18.0 Å². The van der Waals surface area contributed by atoms with E-state index >= 15 is 0 Å². The van der Waals surface area contributed by atoms with E-state index in [1.54, 1.807) is 11.3 Å². The minimum atomic E-state index is -5.08. The second kappa shape index (κ2) is 14.7. The van der Waals surface area contributed by atoms with E-state index in [-0.39, 0.29) is 12.0 Å². The third kappa shape index (κ3) is 13.3. The van der Waals surface area contributed by atoms with Crippen molar-refractivity contribution in [3.63, 3.8) is 0 Å². The molecule has 1 aliphatic rings. The first-order valence-corrected chi connectivity index (χ1v) is 11.5. The summed E-state index contributed by atoms with van der Waals surface area (Å²) >= 11 is 1.55. The van der Waals surface area contributed by atoms with Gasteiger partial charge >= 0.3 is 30.3 Å². The average Bonchev–Trinajstić information content (AvgIpc) is 3.21. The number of alkyl halides is 6. The quantitative estimate of drug-likeness (QED) is 0.179. The molecule has 8 N–H and O–H groups in total. The summed E-state index contributed by atoms with van der Waals surface area (Å²) in [5.41, 5.74) is 13.7. The van der Waals surface area contributed by atoms with Crippen LogP contribution in [0.5, 0.6) is 0 Å². The zero-order chi connectivity index (χ0) is 29.8. The van der Waals surface area contributed by atoms with Crippen LogP contribution in [0.2, 0.25) is 0 Å². The third-order valence-corrected chi connectivity index (χ3v) is 5.55. The molecule has 0 fully saturated rings. The zero-order valence-corrected chi connectivity index (χ0v) is 20.7. The number of nitrogens with two attached hydrogens (primary N) is 2. The van der Waals surface area contributed by atoms with Crippen molar-refractivity contribution in [3.05, 3.63) is 46.5 Å². The molecule has 2 amide bonds. The van der Waals surface area contributed by atoms with Gasteiger partial charge in [-0.15, -0.1) is 11.3 Å². The van der Waals surface area contributed by atoms with Gasteiger partial charge in [0.25, 0.3) is 0 Å². The van der Waals surface area contributed by atoms with Crippen LogP contribution < -0.4 is 22.1 Å². The first-order valence-electron chi connectivity index (χ1n) is 10.7. The molecule has 1 aromatic heterocycles. The molecular weight excluding hydrogens is 562 g/mol. The number of carboxylic acids is 2. The van der Waals surface area contributed by atoms with Crippen LogP contribution in [0.25, 0.3) is 0 Å². The summed E-state index contributed by atoms with van der Waals surface area (Å²) in [7, 11) is 0. The normalized spacial score (nSPS) is 14.9. The molecule has 1 heterocycles. The number of aryl methyl sites for hydroxylation is 1. The van der Waals surface area contributed by atoms with Crippen molar-refractivity contribution in [1.29, 1.82) is 0 Å². The molecule has 18 heteroatoms. The molecule has 0 bridgehead atoms. The van der Waals surface area contributed by atoms with E-state index < -0.39 is 24.3 Å². The summed E-state index contributed by atoms with van der Waals surface area (Å²) < 4.78 is 63.5. The number of amides is 2. The highest BCUT2D eigenvalue weighted by Crippen LogP contribution is 2.31. The molecule has 0 saturated heterocycles. The number of carboxylic acid groups (broad SMARTS) is 2. The maximum absolute atomic E-state index is 11.8. The minimum Gasteiger partial charge on any atom is -0.475 e. The standard InChI is InChI=1S/C17H22N6OS.2C2HF3O2/c18-15(23-17(24)21-9-11-4-2-1-3-5-11)20-10-12-6-7-13-14(8-12)25-16(19)22-13;2*3-2(4,5)1(6)7/h1-5,12H,6-10H2,(H2,19,22)(H4,18,20,21,23,24);2*(H,6,7). The van der Waals surface area contributed by atoms with Crippen molar-refractivity contribution in [2.24, 2.45) is 16.6 Å². The number of benzene rings is 1. The Kier molecular flexibility index (Phi) is 12.5. The number of thiazole rings is 1. The van der Waals surface area contributed by atoms with E-state index in [1.807, 2.05) is 30.3 Å². The summed E-state index contributed by atoms with van der Waals surface area (Å²) in [6.07, 6.45) is -7.32. The maximum atomic E-state index is 11.8. The van der Waals surface area contributed by atoms with Crippen LogP contribution in [0.1, 0.15) is 22.6 Å². The fourth-order valence-corrected chi connectivity index (χ4v) is 3.82. The van der Waals surface area contributed by atoms with E-state index in [9.17, 15) is 31.1 Å². The smallest absolute Gasteiger partial charge is 0.475 e. The lowest BCUT2D eigenvalue weighted by Crippen LogP contribution is -2.43. The first kappa shape index (κ1) is 32.9. The Bertz CT molecular complexity index is 1120. The fourth-order valence-electron chi connectivity index (χ4n) is 2.82. The number of hydrogen-bond acceptors (Lipinski definition) is 7. The molecule has 11 nitrogen and oxygen atoms in total. The van der Waals surface area contributed by atoms with E-state index in [4.69, 9.17) is 31.3 Å². The number of nitrogens with zero attached hydrogens (tertiary/aromatic N) is 2. The number of rotatable bonds is 4. The van der Waals surface area contributed by atoms with E-state index in [0.717, 1.165) is 30.5 Å². The first-order chi connectivity index (χ1) is 18.0. The van der Waals surface area contributed by atoms with Crippen molar-refractivity contribution >= 4 is 40.4 Å². The summed E-state index contributed by atoms with van der Waals surface area (Å²) in [5, 5.41) is 20.2. The van der Waals surface area contributed by atoms with Crippen LogP contribution in [0.15, 0.2) is 35.3 Å². The van der Waals surface area contributed by atoms with Crippen molar-refractivity contribution in [2.75, 3.05) is 12.3 Å². The highest BCUT2D eigenvalue weighted by molar-refractivity contribution is 7.15. The van der Waals surface area contributed by atoms with Crippen LogP contribution in [0.4, 0.5) is 36.3 Å². The van der Waals surface area contributed by atoms with Crippen LogP contribution in [-0.4, -0.2) is 58.0 Å². The Hall–Kier alpha value is -4.09. The lowest BCUT2D eigenvalue weighted by atomic mass is 9.91. The van der Waals surface area contributed by atoms with Gasteiger partial charge in [-0.3, -0.25) is 10.3 Å². The molecule has 0 radical (unpaired) electrons. The predicted molar refractivity (Wildman–Crippen MR) is 128 cm³/mol. The largest absolute Gasteiger partial charge is 0.490 e. The van der Waals surface area contributed by atoms with Crippen molar-refractivity contribution in [3.8, 4) is 0 Å². The molecule has 39 heavy (non-hydrogen) atoms. The van der Waals surface area contributed by atoms with E-state index in [0.29, 0.717) is 24.1 Å². The second-order valence-corrected chi connectivity index (χ2v) is 8.77. The SMILES string of the molecule is NC(=NCC1CCc2nc(N)sc2C1)NC(=O)NCc1ccccc1.O=C(O)C(F)(F)F.O=C(O)C(F)(F)F. The number of guanidine groups is 1. The molecule has 1 unspecified atom stereocenters. The average molecular weight is 587 g/mol. The third-order valence-electron chi connectivity index (χ3n) is 4.60. The van der Waals surface area contributed by atoms with Crippen LogP contribution in [0.3, 0.4) is 0 Å². The van der Waals surface area contributed by atoms with Gasteiger partial charge in [-0.2, -0.15) is 26.3 Å². The number of anilines is 1. The van der Waals surface area contributed by atoms with Gasteiger partial charge in [0.2, 0.25) is 0 Å². The van der Waals surface area contributed by atoms with Gasteiger partial charge in [0.1, 0.15) is 0 Å². The Morgan fingerprint density at radius 1 is 1.05 bits per heavy atom. The van der Waals surface area contributed by atoms with Crippen LogP contribution in [0, 0.1) is 5.92 Å². The molecule has 0 saturated carbocycles. The number of nitrogen functional groups attached to an aromatic ring is 1. The summed E-state index contributed by atoms with van der Waals surface area (Å²) in [6, 6.07) is 9.32. The van der Waals surface area contributed by atoms with Gasteiger partial charge < -0.3 is 27.0 Å². The number of carbonyl (C=O) groups is 3. The molecule has 1 atom stereocenters. The number of hydrogen-bond donors (Lipinski definition) is 6. The van der Waals surface area contributed by atoms with Gasteiger partial charge in [-0.1, -0.05) is 30.3 Å². The van der Waals surface area contributed by atoms with Crippen LogP contribution >= 0.6 is 11.3 Å². The summed E-state index contributed by atoms with van der Waals surface area (Å²) in [4.78, 5) is 39.5. The highest BCUT2D eigenvalue weighted by atomic mass is 32.1. The molecule has 0 aliphatic heterocycles. The zero-order valence-electron chi connectivity index (χ0n) is 19.8. The van der Waals surface area contributed by atoms with Crippen molar-refractivity contribution in [1.82, 2.24) is 15.6 Å². The summed E-state index contributed by atoms with van der Waals surface area (Å²) in [6.45, 7) is 1.03. The molecular formula is C21H24F6N6O5S. The lowest BCUT2D eigenvalue weighted by Gasteiger charge is -2.19. The van der Waals surface area contributed by atoms with Gasteiger partial charge in [0.05, 0.1) is 5.69 Å². The monoisotopic (exact) mass is 586 g/mol. The molecule has 3 rings (SSSR count). The Balaban J connectivity index is 0.000000449. The molecule has 1 aliphatic carbocycles. The minimum absolute atomic E-state index is 0.139. The van der Waals surface area contributed by atoms with Crippen molar-refractivity contribution < 1.29 is 50.9 Å². The van der Waals surface area contributed by atoms with E-state index in [2.05, 4.69) is 20.6 Å². The summed E-state index contributed by atoms with van der Waals surface area (Å²) in [5.74, 6) is -4.97. The van der Waals surface area contributed by atoms with Crippen molar-refractivity contribution in [2.45, 2.75) is 38.2 Å². The topological polar surface area (TPSA) is 193 Å². The predicted octanol–water partition coefficient (Wildman–Crippen LogP) is 2.91. The second-order valence-electron chi connectivity index (χ2n) is 7.66. The molecule has 1 aromatic carbocycles. The number of urea groups is 1. The van der Waals surface area contributed by atoms with Crippen LogP contribution in [-0.2, 0) is 29.0 Å². The highest BCUT2D eigenvalue weighted by Gasteiger charge is 2.38. The number of nitrogens with one attached hydrogen (secondary N) is 2. The molecule has 2 aromatic rings. The van der Waals surface area contributed by atoms with Gasteiger partial charge in [-0.25, -0.2) is 19.4 Å². The van der Waals surface area contributed by atoms with E-state index in [1.165, 1.54) is 4.88 Å². The number of aliphatic imine (C=N–C) groups is 1. The number of halogens is 6. The number of aliphatic carboxylic acids is 2. The number of aromatic nitrogens is 1. The lowest BCUT2D eigenvalue weighted by molar-refractivity contribution is -0.193. The Morgan fingerprint density at radius 2 is 1.59 bits per heavy atom. The number of carbonyl (C=O) groups excluding carboxylic acids is 1. The molecule has 216 valence electrons. The van der Waals surface area contributed by atoms with Gasteiger partial charge in [-0.05, 0) is 30.7 Å². The number of fused-ring (bicyclic) bond motifs is 1. The van der Waals surface area contributed by atoms with Gasteiger partial charge in [0.15, 0.2) is 11.1 Å². The fraction of sp³-hybridized carbons (Fsp3) is 0.381.